The molecule has 2 heterocycles. The lowest BCUT2D eigenvalue weighted by Crippen LogP contribution is -2.09. The van der Waals surface area contributed by atoms with Crippen LogP contribution in [0.5, 0.6) is 0 Å². The lowest BCUT2D eigenvalue weighted by atomic mass is 10.0. The van der Waals surface area contributed by atoms with Gasteiger partial charge in [-0.1, -0.05) is 66.7 Å². The van der Waals surface area contributed by atoms with Crippen LogP contribution in [-0.2, 0) is 12.4 Å². The van der Waals surface area contributed by atoms with Gasteiger partial charge >= 0.3 is 12.4 Å². The van der Waals surface area contributed by atoms with Gasteiger partial charge in [0.25, 0.3) is 0 Å². The number of hydrogen-bond acceptors (Lipinski definition) is 8. The van der Waals surface area contributed by atoms with Crippen LogP contribution in [0.4, 0.5) is 26.3 Å². The van der Waals surface area contributed by atoms with E-state index in [0.29, 0.717) is 11.1 Å². The third-order valence-corrected chi connectivity index (χ3v) is 8.48. The molecule has 0 radical (unpaired) electrons. The van der Waals surface area contributed by atoms with Crippen LogP contribution in [0.25, 0.3) is 22.5 Å². The summed E-state index contributed by atoms with van der Waals surface area (Å²) in [5.74, 6) is 0. The number of nitrogens with one attached hydrogen (secondary N) is 4. The van der Waals surface area contributed by atoms with Crippen molar-refractivity contribution in [1.82, 2.24) is 9.97 Å². The van der Waals surface area contributed by atoms with Crippen LogP contribution in [0, 0.1) is 21.6 Å². The molecule has 5 aromatic rings. The van der Waals surface area contributed by atoms with E-state index in [2.05, 4.69) is 9.97 Å². The molecule has 0 aliphatic carbocycles. The van der Waals surface area contributed by atoms with Gasteiger partial charge in [-0.25, -0.2) is 9.97 Å². The van der Waals surface area contributed by atoms with Gasteiger partial charge in [-0.2, -0.15) is 26.3 Å². The van der Waals surface area contributed by atoms with Crippen molar-refractivity contribution in [3.8, 4) is 22.5 Å². The van der Waals surface area contributed by atoms with Crippen LogP contribution >= 0.6 is 23.5 Å². The molecule has 242 valence electrons. The zero-order chi connectivity index (χ0) is 34.6. The molecular formula is C34H22F6N6S2. The summed E-state index contributed by atoms with van der Waals surface area (Å²) in [6, 6.07) is 25.0. The largest absolute Gasteiger partial charge is 0.417 e. The molecule has 0 aliphatic heterocycles. The molecular weight excluding hydrogens is 671 g/mol. The van der Waals surface area contributed by atoms with Gasteiger partial charge in [-0.3, -0.25) is 21.6 Å². The Morgan fingerprint density at radius 1 is 0.458 bits per heavy atom. The summed E-state index contributed by atoms with van der Waals surface area (Å²) in [4.78, 5) is 8.50. The zero-order valence-corrected chi connectivity index (χ0v) is 26.0. The van der Waals surface area contributed by atoms with Gasteiger partial charge in [0.2, 0.25) is 0 Å². The molecule has 0 atom stereocenters. The third-order valence-electron chi connectivity index (χ3n) is 6.78. The quantitative estimate of drug-likeness (QED) is 0.0804. The van der Waals surface area contributed by atoms with E-state index < -0.39 is 23.5 Å². The highest BCUT2D eigenvalue weighted by Crippen LogP contribution is 2.38. The van der Waals surface area contributed by atoms with Crippen LogP contribution in [0.1, 0.15) is 33.6 Å². The Morgan fingerprint density at radius 3 is 1.23 bits per heavy atom. The summed E-state index contributed by atoms with van der Waals surface area (Å²) in [7, 11) is 0. The van der Waals surface area contributed by atoms with Crippen molar-refractivity contribution in [2.75, 3.05) is 0 Å². The number of rotatable bonds is 6. The highest BCUT2D eigenvalue weighted by molar-refractivity contribution is 8.27. The first-order chi connectivity index (χ1) is 22.7. The predicted molar refractivity (Wildman–Crippen MR) is 178 cm³/mol. The Hall–Kier alpha value is -5.08. The molecule has 0 spiro atoms. The van der Waals surface area contributed by atoms with Crippen LogP contribution in [0.3, 0.4) is 0 Å². The Morgan fingerprint density at radius 2 is 0.833 bits per heavy atom. The maximum Gasteiger partial charge on any atom is 0.417 e. The molecule has 0 unspecified atom stereocenters. The highest BCUT2D eigenvalue weighted by Gasteiger charge is 2.34. The molecule has 0 aliphatic rings. The second kappa shape index (κ2) is 14.0. The molecule has 4 N–H and O–H groups in total. The smallest absolute Gasteiger partial charge is 0.293 e. The first-order valence-electron chi connectivity index (χ1n) is 13.8. The number of nitrogens with zero attached hydrogens (tertiary/aromatic N) is 2. The van der Waals surface area contributed by atoms with Gasteiger partial charge in [-0.05, 0) is 66.0 Å². The fourth-order valence-electron chi connectivity index (χ4n) is 4.56. The van der Waals surface area contributed by atoms with Crippen LogP contribution in [-0.4, -0.2) is 30.1 Å². The van der Waals surface area contributed by atoms with Gasteiger partial charge in [-0.15, -0.1) is 0 Å². The number of thioether (sulfide) groups is 2. The van der Waals surface area contributed by atoms with Crippen molar-refractivity contribution in [2.24, 2.45) is 0 Å². The zero-order valence-electron chi connectivity index (χ0n) is 24.4. The van der Waals surface area contributed by atoms with Gasteiger partial charge in [0.1, 0.15) is 20.2 Å². The molecule has 48 heavy (non-hydrogen) atoms. The van der Waals surface area contributed by atoms with E-state index in [0.717, 1.165) is 35.7 Å². The molecule has 14 heteroatoms. The van der Waals surface area contributed by atoms with E-state index >= 15 is 0 Å². The molecule has 0 amide bonds. The molecule has 0 saturated carbocycles. The first-order valence-corrected chi connectivity index (χ1v) is 15.4. The van der Waals surface area contributed by atoms with Crippen molar-refractivity contribution in [3.63, 3.8) is 0 Å². The Labute approximate surface area is 278 Å². The summed E-state index contributed by atoms with van der Waals surface area (Å²) in [5, 5.41) is 33.6. The SMILES string of the molecule is N=C(SC(=N)c1cccc(-c2ccccc2C(F)(F)F)n1)c1cccc(C(=N)SC(=N)c2cccc(-c3ccccc3C(F)(F)F)n2)c1. The number of pyridine rings is 2. The second-order valence-electron chi connectivity index (χ2n) is 10.0. The van der Waals surface area contributed by atoms with Crippen LogP contribution in [0.15, 0.2) is 109 Å². The fraction of sp³-hybridized carbons (Fsp3) is 0.0588. The van der Waals surface area contributed by atoms with Crippen molar-refractivity contribution in [2.45, 2.75) is 12.4 Å². The standard InChI is InChI=1S/C34H22F6N6S2/c35-33(36,37)23-12-3-1-10-21(23)25-14-6-16-27(45-25)31(43)47-29(41)19-8-5-9-20(18-19)30(42)48-32(44)28-17-7-15-26(46-28)22-11-2-4-13-24(22)34(38,39)40/h1-18,41-44H. The lowest BCUT2D eigenvalue weighted by Gasteiger charge is -2.13. The van der Waals surface area contributed by atoms with Crippen molar-refractivity contribution in [1.29, 1.82) is 21.6 Å². The van der Waals surface area contributed by atoms with Gasteiger partial charge in [0.05, 0.1) is 33.9 Å². The molecule has 2 aromatic heterocycles. The minimum Gasteiger partial charge on any atom is -0.293 e. The third kappa shape index (κ3) is 7.89. The minimum atomic E-state index is -4.60. The fourth-order valence-corrected chi connectivity index (χ4v) is 5.89. The summed E-state index contributed by atoms with van der Waals surface area (Å²) < 4.78 is 81.4. The van der Waals surface area contributed by atoms with E-state index in [9.17, 15) is 26.3 Å². The second-order valence-corrected chi connectivity index (χ2v) is 12.0. The van der Waals surface area contributed by atoms with Crippen molar-refractivity contribution in [3.05, 3.63) is 143 Å². The molecule has 0 saturated heterocycles. The molecule has 0 fully saturated rings. The Kier molecular flexibility index (Phi) is 9.96. The highest BCUT2D eigenvalue weighted by atomic mass is 32.2. The molecule has 3 aromatic carbocycles. The average molecular weight is 693 g/mol. The Balaban J connectivity index is 1.29. The summed E-state index contributed by atoms with van der Waals surface area (Å²) in [6.07, 6.45) is -9.20. The van der Waals surface area contributed by atoms with Crippen LogP contribution in [0.2, 0.25) is 0 Å². The van der Waals surface area contributed by atoms with Gasteiger partial charge < -0.3 is 0 Å². The van der Waals surface area contributed by atoms with E-state index in [1.807, 2.05) is 0 Å². The number of hydrogen-bond donors (Lipinski definition) is 4. The lowest BCUT2D eigenvalue weighted by molar-refractivity contribution is -0.137. The topological polar surface area (TPSA) is 121 Å². The maximum absolute atomic E-state index is 13.6. The van der Waals surface area contributed by atoms with E-state index in [1.54, 1.807) is 18.2 Å². The summed E-state index contributed by atoms with van der Waals surface area (Å²) in [5.41, 5.74) is -1.13. The minimum absolute atomic E-state index is 0.0248. The molecule has 6 nitrogen and oxygen atoms in total. The monoisotopic (exact) mass is 692 g/mol. The predicted octanol–water partition coefficient (Wildman–Crippen LogP) is 10.0. The van der Waals surface area contributed by atoms with E-state index in [1.165, 1.54) is 78.9 Å². The number of halogens is 6. The van der Waals surface area contributed by atoms with Gasteiger partial charge in [0, 0.05) is 22.3 Å². The van der Waals surface area contributed by atoms with E-state index in [-0.39, 0.29) is 54.1 Å². The maximum atomic E-state index is 13.6. The number of aromatic nitrogens is 2. The Bertz CT molecular complexity index is 1920. The summed E-state index contributed by atoms with van der Waals surface area (Å²) in [6.45, 7) is 0. The number of alkyl halides is 6. The van der Waals surface area contributed by atoms with Gasteiger partial charge in [0.15, 0.2) is 0 Å². The van der Waals surface area contributed by atoms with Crippen molar-refractivity contribution >= 4 is 43.7 Å². The normalized spacial score (nSPS) is 11.6. The summed E-state index contributed by atoms with van der Waals surface area (Å²) >= 11 is 1.45. The first kappa shape index (κ1) is 34.3. The molecule has 0 bridgehead atoms. The molecule has 5 rings (SSSR count). The number of benzene rings is 3. The average Bonchev–Trinajstić information content (AvgIpc) is 3.07. The van der Waals surface area contributed by atoms with Crippen LogP contribution < -0.4 is 0 Å². The van der Waals surface area contributed by atoms with E-state index in [4.69, 9.17) is 21.6 Å². The van der Waals surface area contributed by atoms with Crippen molar-refractivity contribution < 1.29 is 26.3 Å².